The van der Waals surface area contributed by atoms with E-state index < -0.39 is 0 Å². The Morgan fingerprint density at radius 1 is 1.31 bits per heavy atom. The second kappa shape index (κ2) is 3.24. The summed E-state index contributed by atoms with van der Waals surface area (Å²) in [5.41, 5.74) is 12.0. The van der Waals surface area contributed by atoms with E-state index in [9.17, 15) is 0 Å². The van der Waals surface area contributed by atoms with E-state index >= 15 is 0 Å². The fourth-order valence-corrected chi connectivity index (χ4v) is 2.86. The van der Waals surface area contributed by atoms with Gasteiger partial charge in [-0.25, -0.2) is 0 Å². The van der Waals surface area contributed by atoms with Crippen molar-refractivity contribution in [2.24, 2.45) is 0 Å². The molecule has 2 heteroatoms. The molecule has 2 N–H and O–H groups in total. The number of hydrogen-bond donors (Lipinski definition) is 1. The lowest BCUT2D eigenvalue weighted by atomic mass is 9.86. The van der Waals surface area contributed by atoms with Crippen molar-refractivity contribution in [3.63, 3.8) is 0 Å². The Morgan fingerprint density at radius 3 is 2.75 bits per heavy atom. The summed E-state index contributed by atoms with van der Waals surface area (Å²) in [6.07, 6.45) is 3.86. The van der Waals surface area contributed by atoms with E-state index in [1.165, 1.54) is 36.9 Å². The highest BCUT2D eigenvalue weighted by Gasteiger charge is 2.41. The van der Waals surface area contributed by atoms with Crippen molar-refractivity contribution < 1.29 is 0 Å². The molecule has 0 bridgehead atoms. The Labute approximate surface area is 97.4 Å². The van der Waals surface area contributed by atoms with Gasteiger partial charge in [-0.05, 0) is 60.5 Å². The molecule has 0 spiro atoms. The normalized spacial score (nSPS) is 22.9. The van der Waals surface area contributed by atoms with Crippen molar-refractivity contribution in [3.8, 4) is 0 Å². The third-order valence-corrected chi connectivity index (χ3v) is 4.20. The highest BCUT2D eigenvalue weighted by Crippen LogP contribution is 2.50. The Kier molecular flexibility index (Phi) is 2.05. The van der Waals surface area contributed by atoms with Crippen LogP contribution in [0.2, 0.25) is 0 Å². The maximum absolute atomic E-state index is 6.03. The van der Waals surface area contributed by atoms with Gasteiger partial charge in [0.1, 0.15) is 0 Å². The molecular formula is C14H20N2. The van der Waals surface area contributed by atoms with Gasteiger partial charge in [0.25, 0.3) is 0 Å². The predicted octanol–water partition coefficient (Wildman–Crippen LogP) is 2.31. The van der Waals surface area contributed by atoms with Gasteiger partial charge in [-0.15, -0.1) is 0 Å². The van der Waals surface area contributed by atoms with Crippen LogP contribution in [0.1, 0.15) is 36.5 Å². The van der Waals surface area contributed by atoms with Gasteiger partial charge in [0.05, 0.1) is 0 Å². The van der Waals surface area contributed by atoms with Crippen LogP contribution in [0.15, 0.2) is 12.1 Å². The number of rotatable bonds is 1. The lowest BCUT2D eigenvalue weighted by Crippen LogP contribution is -2.28. The van der Waals surface area contributed by atoms with Crippen LogP contribution in [-0.2, 0) is 18.4 Å². The molecule has 1 aromatic rings. The molecule has 1 aromatic carbocycles. The number of nitrogen functional groups attached to an aromatic ring is 1. The summed E-state index contributed by atoms with van der Waals surface area (Å²) in [5, 5.41) is 0. The lowest BCUT2D eigenvalue weighted by molar-refractivity contribution is 0.311. The van der Waals surface area contributed by atoms with Crippen molar-refractivity contribution >= 4 is 5.69 Å². The van der Waals surface area contributed by atoms with Gasteiger partial charge < -0.3 is 10.6 Å². The fourth-order valence-electron chi connectivity index (χ4n) is 2.86. The molecule has 0 saturated heterocycles. The van der Waals surface area contributed by atoms with Crippen LogP contribution in [0.25, 0.3) is 0 Å². The average Bonchev–Trinajstić information content (AvgIpc) is 2.96. The zero-order chi connectivity index (χ0) is 11.3. The highest BCUT2D eigenvalue weighted by atomic mass is 15.1. The molecular weight excluding hydrogens is 196 g/mol. The Hall–Kier alpha value is -1.02. The van der Waals surface area contributed by atoms with Gasteiger partial charge in [-0.1, -0.05) is 6.92 Å². The SMILES string of the molecule is CN1CCc2c(cc(N)cc2C2(C)CC2)C1. The van der Waals surface area contributed by atoms with E-state index in [1.807, 2.05) is 0 Å². The first kappa shape index (κ1) is 10.2. The molecule has 2 nitrogen and oxygen atoms in total. The molecule has 0 radical (unpaired) electrons. The van der Waals surface area contributed by atoms with Crippen LogP contribution in [0.3, 0.4) is 0 Å². The monoisotopic (exact) mass is 216 g/mol. The molecule has 0 aromatic heterocycles. The van der Waals surface area contributed by atoms with E-state index in [1.54, 1.807) is 5.56 Å². The molecule has 1 aliphatic carbocycles. The summed E-state index contributed by atoms with van der Waals surface area (Å²) in [5.74, 6) is 0. The molecule has 1 heterocycles. The van der Waals surface area contributed by atoms with Gasteiger partial charge in [0.2, 0.25) is 0 Å². The standard InChI is InChI=1S/C14H20N2/c1-14(4-5-14)13-8-11(15)7-10-9-16(2)6-3-12(10)13/h7-8H,3-6,9,15H2,1-2H3. The first-order valence-electron chi connectivity index (χ1n) is 6.19. The summed E-state index contributed by atoms with van der Waals surface area (Å²) in [7, 11) is 2.19. The number of nitrogens with two attached hydrogens (primary N) is 1. The molecule has 1 saturated carbocycles. The van der Waals surface area contributed by atoms with E-state index in [0.717, 1.165) is 12.2 Å². The maximum Gasteiger partial charge on any atom is 0.0320 e. The summed E-state index contributed by atoms with van der Waals surface area (Å²) in [4.78, 5) is 2.38. The van der Waals surface area contributed by atoms with Crippen LogP contribution >= 0.6 is 0 Å². The lowest BCUT2D eigenvalue weighted by Gasteiger charge is -2.29. The van der Waals surface area contributed by atoms with Gasteiger partial charge in [-0.3, -0.25) is 0 Å². The largest absolute Gasteiger partial charge is 0.399 e. The fraction of sp³-hybridized carbons (Fsp3) is 0.571. The van der Waals surface area contributed by atoms with E-state index in [0.29, 0.717) is 5.41 Å². The molecule has 0 atom stereocenters. The van der Waals surface area contributed by atoms with E-state index in [-0.39, 0.29) is 0 Å². The summed E-state index contributed by atoms with van der Waals surface area (Å²) in [6, 6.07) is 4.39. The second-order valence-electron chi connectivity index (χ2n) is 5.75. The van der Waals surface area contributed by atoms with Crippen LogP contribution < -0.4 is 5.73 Å². The number of fused-ring (bicyclic) bond motifs is 1. The van der Waals surface area contributed by atoms with Crippen molar-refractivity contribution in [2.45, 2.75) is 38.1 Å². The molecule has 1 aliphatic heterocycles. The summed E-state index contributed by atoms with van der Waals surface area (Å²) >= 11 is 0. The second-order valence-corrected chi connectivity index (χ2v) is 5.75. The summed E-state index contributed by atoms with van der Waals surface area (Å²) in [6.45, 7) is 4.61. The number of hydrogen-bond acceptors (Lipinski definition) is 2. The molecule has 16 heavy (non-hydrogen) atoms. The molecule has 0 unspecified atom stereocenters. The Morgan fingerprint density at radius 2 is 2.06 bits per heavy atom. The van der Waals surface area contributed by atoms with Crippen molar-refractivity contribution in [1.29, 1.82) is 0 Å². The smallest absolute Gasteiger partial charge is 0.0320 e. The number of anilines is 1. The quantitative estimate of drug-likeness (QED) is 0.730. The molecule has 1 fully saturated rings. The van der Waals surface area contributed by atoms with Crippen molar-refractivity contribution in [3.05, 3.63) is 28.8 Å². The minimum atomic E-state index is 0.440. The van der Waals surface area contributed by atoms with Crippen molar-refractivity contribution in [2.75, 3.05) is 19.3 Å². The first-order chi connectivity index (χ1) is 7.58. The van der Waals surface area contributed by atoms with Crippen molar-refractivity contribution in [1.82, 2.24) is 4.90 Å². The van der Waals surface area contributed by atoms with Crippen LogP contribution in [-0.4, -0.2) is 18.5 Å². The van der Waals surface area contributed by atoms with Gasteiger partial charge in [0.15, 0.2) is 0 Å². The van der Waals surface area contributed by atoms with Crippen LogP contribution in [0, 0.1) is 0 Å². The summed E-state index contributed by atoms with van der Waals surface area (Å²) < 4.78 is 0. The van der Waals surface area contributed by atoms with Crippen LogP contribution in [0.4, 0.5) is 5.69 Å². The molecule has 0 amide bonds. The van der Waals surface area contributed by atoms with E-state index in [4.69, 9.17) is 5.73 Å². The minimum absolute atomic E-state index is 0.440. The molecule has 3 rings (SSSR count). The van der Waals surface area contributed by atoms with Gasteiger partial charge in [0, 0.05) is 18.8 Å². The number of likely N-dealkylation sites (N-methyl/N-ethyl adjacent to an activating group) is 1. The van der Waals surface area contributed by atoms with Gasteiger partial charge >= 0.3 is 0 Å². The van der Waals surface area contributed by atoms with Gasteiger partial charge in [-0.2, -0.15) is 0 Å². The number of benzene rings is 1. The Bertz CT molecular complexity index is 433. The first-order valence-corrected chi connectivity index (χ1v) is 6.19. The topological polar surface area (TPSA) is 29.3 Å². The zero-order valence-electron chi connectivity index (χ0n) is 10.2. The highest BCUT2D eigenvalue weighted by molar-refractivity contribution is 5.54. The number of nitrogens with zero attached hydrogens (tertiary/aromatic N) is 1. The Balaban J connectivity index is 2.11. The minimum Gasteiger partial charge on any atom is -0.399 e. The average molecular weight is 216 g/mol. The van der Waals surface area contributed by atoms with Crippen LogP contribution in [0.5, 0.6) is 0 Å². The third kappa shape index (κ3) is 1.52. The zero-order valence-corrected chi connectivity index (χ0v) is 10.2. The molecule has 86 valence electrons. The predicted molar refractivity (Wildman–Crippen MR) is 67.5 cm³/mol. The van der Waals surface area contributed by atoms with E-state index in [2.05, 4.69) is 31.0 Å². The maximum atomic E-state index is 6.03. The molecule has 2 aliphatic rings. The third-order valence-electron chi connectivity index (χ3n) is 4.20.